The molecule has 0 bridgehead atoms. The summed E-state index contributed by atoms with van der Waals surface area (Å²) in [6.07, 6.45) is 3.73. The number of rotatable bonds is 9. The molecule has 4 N–H and O–H groups in total. The van der Waals surface area contributed by atoms with E-state index >= 15 is 0 Å². The molecule has 1 fully saturated rings. The summed E-state index contributed by atoms with van der Waals surface area (Å²) in [6.45, 7) is 3.19. The first-order valence-electron chi connectivity index (χ1n) is 9.94. The average molecular weight is 555 g/mol. The van der Waals surface area contributed by atoms with Gasteiger partial charge in [-0.1, -0.05) is 0 Å². The highest BCUT2D eigenvalue weighted by molar-refractivity contribution is 9.12. The summed E-state index contributed by atoms with van der Waals surface area (Å²) in [5, 5.41) is 16.0. The maximum absolute atomic E-state index is 12.5. The van der Waals surface area contributed by atoms with Gasteiger partial charge in [0, 0.05) is 25.9 Å². The number of halogens is 2. The molecule has 3 atom stereocenters. The van der Waals surface area contributed by atoms with Gasteiger partial charge < -0.3 is 25.2 Å². The number of hydrogen-bond acceptors (Lipinski definition) is 7. The van der Waals surface area contributed by atoms with Gasteiger partial charge >= 0.3 is 6.09 Å². The maximum atomic E-state index is 12.5. The minimum absolute atomic E-state index is 0.154. The Hall–Kier alpha value is -1.14. The Kier molecular flexibility index (Phi) is 10.1. The van der Waals surface area contributed by atoms with E-state index in [-0.39, 0.29) is 12.3 Å². The van der Waals surface area contributed by atoms with E-state index in [9.17, 15) is 14.7 Å². The number of allylic oxidation sites excluding steroid dienone is 1. The van der Waals surface area contributed by atoms with Crippen LogP contribution in [-0.4, -0.2) is 61.7 Å². The van der Waals surface area contributed by atoms with Crippen LogP contribution in [0.3, 0.4) is 0 Å². The monoisotopic (exact) mass is 553 g/mol. The third-order valence-corrected chi connectivity index (χ3v) is 6.30. The number of nitrogens with one attached hydrogen (secondary N) is 3. The Balaban J connectivity index is 1.74. The lowest BCUT2D eigenvalue weighted by Gasteiger charge is -2.24. The molecule has 2 rings (SSSR count). The third-order valence-electron chi connectivity index (χ3n) is 4.83. The van der Waals surface area contributed by atoms with Crippen molar-refractivity contribution in [1.29, 1.82) is 0 Å². The molecular weight excluding hydrogens is 526 g/mol. The van der Waals surface area contributed by atoms with Gasteiger partial charge in [-0.25, -0.2) is 4.79 Å². The molecule has 1 saturated heterocycles. The van der Waals surface area contributed by atoms with Crippen molar-refractivity contribution in [3.05, 3.63) is 20.8 Å². The molecule has 1 aliphatic carbocycles. The first-order chi connectivity index (χ1) is 14.3. The van der Waals surface area contributed by atoms with Crippen molar-refractivity contribution in [1.82, 2.24) is 16.1 Å². The molecule has 2 aliphatic rings. The molecule has 0 aromatic heterocycles. The topological polar surface area (TPSA) is 118 Å². The van der Waals surface area contributed by atoms with Crippen LogP contribution in [0.1, 0.15) is 39.0 Å². The van der Waals surface area contributed by atoms with Crippen molar-refractivity contribution < 1.29 is 29.0 Å². The zero-order chi connectivity index (χ0) is 22.1. The SMILES string of the molecule is CCOC(=O)NCCCCCNC(=O)C1C[C@]2(C=C(Br)C(OC)=C(Br)[C@H](O)C2)ON1. The fourth-order valence-corrected chi connectivity index (χ4v) is 4.94. The largest absolute Gasteiger partial charge is 0.495 e. The highest BCUT2D eigenvalue weighted by Gasteiger charge is 2.46. The standard InChI is InChI=1S/C19H29Br2N3O6/c1-3-29-18(27)23-8-6-4-5-7-22-17(26)13-10-19(30-24-13)9-12(20)16(28-2)15(21)14(25)11-19/h9,13-14,24-25H,3-8,10-11H2,1-2H3,(H,22,26)(H,23,27)/t13?,14-,19+/m1/s1. The van der Waals surface area contributed by atoms with E-state index in [4.69, 9.17) is 14.3 Å². The first kappa shape index (κ1) is 25.1. The van der Waals surface area contributed by atoms with E-state index in [1.807, 2.05) is 6.08 Å². The van der Waals surface area contributed by atoms with E-state index in [1.54, 1.807) is 6.92 Å². The van der Waals surface area contributed by atoms with Crippen LogP contribution in [0.5, 0.6) is 0 Å². The van der Waals surface area contributed by atoms with Crippen LogP contribution in [0.2, 0.25) is 0 Å². The highest BCUT2D eigenvalue weighted by atomic mass is 79.9. The van der Waals surface area contributed by atoms with Crippen molar-refractivity contribution in [2.75, 3.05) is 26.8 Å². The van der Waals surface area contributed by atoms with Crippen molar-refractivity contribution in [2.24, 2.45) is 0 Å². The Morgan fingerprint density at radius 1 is 1.27 bits per heavy atom. The van der Waals surface area contributed by atoms with Crippen molar-refractivity contribution in [3.63, 3.8) is 0 Å². The second kappa shape index (κ2) is 12.0. The molecule has 9 nitrogen and oxygen atoms in total. The molecule has 1 unspecified atom stereocenters. The van der Waals surface area contributed by atoms with Gasteiger partial charge in [0.25, 0.3) is 0 Å². The van der Waals surface area contributed by atoms with Gasteiger partial charge in [0.2, 0.25) is 5.91 Å². The molecule has 1 aliphatic heterocycles. The number of alkyl carbamates (subject to hydrolysis) is 1. The van der Waals surface area contributed by atoms with Crippen LogP contribution in [0.15, 0.2) is 20.8 Å². The summed E-state index contributed by atoms with van der Waals surface area (Å²) < 4.78 is 11.3. The quantitative estimate of drug-likeness (QED) is 0.323. The Morgan fingerprint density at radius 2 is 1.97 bits per heavy atom. The number of carbonyl (C=O) groups is 2. The average Bonchev–Trinajstić information content (AvgIpc) is 3.07. The number of unbranched alkanes of at least 4 members (excludes halogenated alkanes) is 2. The lowest BCUT2D eigenvalue weighted by Crippen LogP contribution is -2.40. The first-order valence-corrected chi connectivity index (χ1v) is 11.5. The zero-order valence-corrected chi connectivity index (χ0v) is 20.3. The summed E-state index contributed by atoms with van der Waals surface area (Å²) in [5.41, 5.74) is 1.96. The summed E-state index contributed by atoms with van der Waals surface area (Å²) >= 11 is 6.83. The molecule has 170 valence electrons. The summed E-state index contributed by atoms with van der Waals surface area (Å²) in [7, 11) is 1.52. The number of aliphatic hydroxyl groups is 1. The number of hydrogen-bond donors (Lipinski definition) is 4. The minimum Gasteiger partial charge on any atom is -0.495 e. The fourth-order valence-electron chi connectivity index (χ4n) is 3.34. The Bertz CT molecular complexity index is 687. The molecule has 0 aromatic carbocycles. The predicted octanol–water partition coefficient (Wildman–Crippen LogP) is 2.35. The smallest absolute Gasteiger partial charge is 0.407 e. The van der Waals surface area contributed by atoms with Crippen LogP contribution in [-0.2, 0) is 19.1 Å². The molecule has 0 saturated carbocycles. The van der Waals surface area contributed by atoms with Crippen LogP contribution in [0.4, 0.5) is 4.79 Å². The molecule has 2 amide bonds. The van der Waals surface area contributed by atoms with E-state index in [2.05, 4.69) is 48.0 Å². The van der Waals surface area contributed by atoms with Crippen LogP contribution in [0.25, 0.3) is 0 Å². The van der Waals surface area contributed by atoms with Gasteiger partial charge in [-0.3, -0.25) is 9.63 Å². The highest BCUT2D eigenvalue weighted by Crippen LogP contribution is 2.41. The Morgan fingerprint density at radius 3 is 2.63 bits per heavy atom. The van der Waals surface area contributed by atoms with E-state index in [0.29, 0.717) is 40.8 Å². The van der Waals surface area contributed by atoms with Gasteiger partial charge in [0.05, 0.1) is 28.8 Å². The zero-order valence-electron chi connectivity index (χ0n) is 17.1. The van der Waals surface area contributed by atoms with Gasteiger partial charge in [-0.2, -0.15) is 5.48 Å². The summed E-state index contributed by atoms with van der Waals surface area (Å²) in [6, 6.07) is -0.526. The minimum atomic E-state index is -0.835. The van der Waals surface area contributed by atoms with Crippen molar-refractivity contribution >= 4 is 43.9 Å². The number of ether oxygens (including phenoxy) is 2. The van der Waals surface area contributed by atoms with Crippen molar-refractivity contribution in [3.8, 4) is 0 Å². The van der Waals surface area contributed by atoms with Crippen LogP contribution < -0.4 is 16.1 Å². The maximum Gasteiger partial charge on any atom is 0.407 e. The third kappa shape index (κ3) is 6.94. The molecule has 0 radical (unpaired) electrons. The predicted molar refractivity (Wildman–Crippen MR) is 118 cm³/mol. The summed E-state index contributed by atoms with van der Waals surface area (Å²) in [5.74, 6) is 0.340. The van der Waals surface area contributed by atoms with Gasteiger partial charge in [-0.05, 0) is 64.1 Å². The number of methoxy groups -OCH3 is 1. The fraction of sp³-hybridized carbons (Fsp3) is 0.684. The Labute approximate surface area is 193 Å². The van der Waals surface area contributed by atoms with Crippen molar-refractivity contribution in [2.45, 2.75) is 56.8 Å². The molecule has 30 heavy (non-hydrogen) atoms. The van der Waals surface area contributed by atoms with Gasteiger partial charge in [0.1, 0.15) is 17.4 Å². The number of carbonyl (C=O) groups excluding carboxylic acids is 2. The van der Waals surface area contributed by atoms with Gasteiger partial charge in [-0.15, -0.1) is 0 Å². The van der Waals surface area contributed by atoms with E-state index < -0.39 is 23.8 Å². The van der Waals surface area contributed by atoms with E-state index in [0.717, 1.165) is 19.3 Å². The molecule has 0 aromatic rings. The summed E-state index contributed by atoms with van der Waals surface area (Å²) in [4.78, 5) is 29.4. The second-order valence-electron chi connectivity index (χ2n) is 7.13. The molecule has 1 heterocycles. The normalized spacial score (nSPS) is 26.2. The molecule has 1 spiro atoms. The molecule has 11 heteroatoms. The molecular formula is C19H29Br2N3O6. The number of aliphatic hydroxyl groups excluding tert-OH is 1. The second-order valence-corrected chi connectivity index (χ2v) is 8.84. The lowest BCUT2D eigenvalue weighted by molar-refractivity contribution is -0.124. The number of hydroxylamine groups is 1. The van der Waals surface area contributed by atoms with Crippen LogP contribution >= 0.6 is 31.9 Å². The lowest BCUT2D eigenvalue weighted by atomic mass is 9.90. The van der Waals surface area contributed by atoms with Gasteiger partial charge in [0.15, 0.2) is 0 Å². The van der Waals surface area contributed by atoms with Crippen LogP contribution in [0, 0.1) is 0 Å². The van der Waals surface area contributed by atoms with E-state index in [1.165, 1.54) is 7.11 Å². The number of amides is 2.